The molecule has 0 spiro atoms. The topological polar surface area (TPSA) is 88.5 Å². The average molecular weight is 502 g/mol. The highest BCUT2D eigenvalue weighted by Crippen LogP contribution is 2.30. The number of aromatic nitrogens is 1. The van der Waals surface area contributed by atoms with Gasteiger partial charge in [-0.3, -0.25) is 18.5 Å². The summed E-state index contributed by atoms with van der Waals surface area (Å²) in [5.41, 5.74) is 1.46. The second-order valence-electron chi connectivity index (χ2n) is 6.89. The van der Waals surface area contributed by atoms with E-state index in [0.717, 1.165) is 32.1 Å². The van der Waals surface area contributed by atoms with E-state index in [2.05, 4.69) is 5.32 Å². The van der Waals surface area contributed by atoms with Gasteiger partial charge >= 0.3 is 4.87 Å². The average Bonchev–Trinajstić information content (AvgIpc) is 2.97. The molecule has 1 atom stereocenters. The summed E-state index contributed by atoms with van der Waals surface area (Å²) in [7, 11) is -3.83. The van der Waals surface area contributed by atoms with Crippen LogP contribution in [-0.2, 0) is 21.4 Å². The third-order valence-corrected chi connectivity index (χ3v) is 7.24. The van der Waals surface area contributed by atoms with Crippen molar-refractivity contribution in [2.45, 2.75) is 32.9 Å². The van der Waals surface area contributed by atoms with Gasteiger partial charge in [0.25, 0.3) is 0 Å². The van der Waals surface area contributed by atoms with Crippen molar-refractivity contribution in [3.8, 4) is 0 Å². The lowest BCUT2D eigenvalue weighted by molar-refractivity contribution is -0.117. The molecule has 166 valence electrons. The van der Waals surface area contributed by atoms with E-state index < -0.39 is 22.0 Å². The number of aryl methyl sites for hydroxylation is 1. The summed E-state index contributed by atoms with van der Waals surface area (Å²) in [5.74, 6) is -0.509. The van der Waals surface area contributed by atoms with Gasteiger partial charge in [-0.15, -0.1) is 0 Å². The van der Waals surface area contributed by atoms with Gasteiger partial charge in [-0.1, -0.05) is 41.5 Å². The SMILES string of the molecule is CC[C@@H](C(=O)Nc1ccc2c(c1)sc(=O)n2CC)N(c1cc(Cl)cc(Cl)c1)S(C)(=O)=O. The number of carbonyl (C=O) groups excluding carboxylic acids is 1. The predicted octanol–water partition coefficient (Wildman–Crippen LogP) is 4.57. The quantitative estimate of drug-likeness (QED) is 0.513. The second kappa shape index (κ2) is 9.20. The number of sulfonamides is 1. The van der Waals surface area contributed by atoms with Crippen molar-refractivity contribution in [3.63, 3.8) is 0 Å². The second-order valence-corrected chi connectivity index (χ2v) is 10.6. The van der Waals surface area contributed by atoms with Crippen molar-refractivity contribution in [2.75, 3.05) is 15.9 Å². The van der Waals surface area contributed by atoms with Crippen LogP contribution in [0.4, 0.5) is 11.4 Å². The summed E-state index contributed by atoms with van der Waals surface area (Å²) < 4.78 is 28.6. The maximum absolute atomic E-state index is 13.1. The van der Waals surface area contributed by atoms with Crippen molar-refractivity contribution < 1.29 is 13.2 Å². The molecule has 2 aromatic carbocycles. The fourth-order valence-corrected chi connectivity index (χ4v) is 6.10. The molecule has 3 aromatic rings. The van der Waals surface area contributed by atoms with Crippen LogP contribution < -0.4 is 14.5 Å². The highest BCUT2D eigenvalue weighted by atomic mass is 35.5. The molecule has 1 amide bonds. The van der Waals surface area contributed by atoms with Gasteiger partial charge in [0.15, 0.2) is 0 Å². The molecule has 31 heavy (non-hydrogen) atoms. The molecule has 1 heterocycles. The van der Waals surface area contributed by atoms with Gasteiger partial charge in [0.05, 0.1) is 22.2 Å². The van der Waals surface area contributed by atoms with E-state index in [0.29, 0.717) is 12.2 Å². The van der Waals surface area contributed by atoms with Crippen molar-refractivity contribution in [1.82, 2.24) is 4.57 Å². The number of nitrogens with one attached hydrogen (secondary N) is 1. The number of benzene rings is 2. The van der Waals surface area contributed by atoms with E-state index in [9.17, 15) is 18.0 Å². The van der Waals surface area contributed by atoms with Crippen molar-refractivity contribution in [1.29, 1.82) is 0 Å². The first-order valence-electron chi connectivity index (χ1n) is 9.45. The van der Waals surface area contributed by atoms with Crippen molar-refractivity contribution in [3.05, 3.63) is 56.1 Å². The molecular weight excluding hydrogens is 481 g/mol. The summed E-state index contributed by atoms with van der Waals surface area (Å²) in [6.45, 7) is 4.15. The molecule has 0 saturated carbocycles. The van der Waals surface area contributed by atoms with Gasteiger partial charge in [-0.25, -0.2) is 8.42 Å². The number of fused-ring (bicyclic) bond motifs is 1. The predicted molar refractivity (Wildman–Crippen MR) is 128 cm³/mol. The summed E-state index contributed by atoms with van der Waals surface area (Å²) in [4.78, 5) is 25.1. The number of hydrogen-bond donors (Lipinski definition) is 1. The third kappa shape index (κ3) is 5.06. The molecule has 0 radical (unpaired) electrons. The minimum Gasteiger partial charge on any atom is -0.324 e. The lowest BCUT2D eigenvalue weighted by Crippen LogP contribution is -2.47. The largest absolute Gasteiger partial charge is 0.324 e. The smallest absolute Gasteiger partial charge is 0.308 e. The van der Waals surface area contributed by atoms with E-state index in [1.165, 1.54) is 18.2 Å². The maximum Gasteiger partial charge on any atom is 0.308 e. The van der Waals surface area contributed by atoms with E-state index >= 15 is 0 Å². The van der Waals surface area contributed by atoms with Gasteiger partial charge in [-0.2, -0.15) is 0 Å². The number of hydrogen-bond acceptors (Lipinski definition) is 5. The first-order chi connectivity index (χ1) is 14.5. The third-order valence-electron chi connectivity index (χ3n) is 4.68. The monoisotopic (exact) mass is 501 g/mol. The molecule has 3 rings (SSSR count). The Kier molecular flexibility index (Phi) is 7.00. The zero-order valence-electron chi connectivity index (χ0n) is 17.1. The van der Waals surface area contributed by atoms with Gasteiger partial charge < -0.3 is 5.32 Å². The number of halogens is 2. The Morgan fingerprint density at radius 1 is 1.16 bits per heavy atom. The lowest BCUT2D eigenvalue weighted by Gasteiger charge is -2.30. The van der Waals surface area contributed by atoms with E-state index in [-0.39, 0.29) is 27.0 Å². The molecule has 0 saturated heterocycles. The van der Waals surface area contributed by atoms with Crippen LogP contribution >= 0.6 is 34.5 Å². The number of anilines is 2. The van der Waals surface area contributed by atoms with Crippen LogP contribution in [0, 0.1) is 0 Å². The molecule has 7 nitrogen and oxygen atoms in total. The fraction of sp³-hybridized carbons (Fsp3) is 0.300. The Labute approximate surface area is 194 Å². The summed E-state index contributed by atoms with van der Waals surface area (Å²) >= 11 is 13.2. The molecule has 0 unspecified atom stereocenters. The Bertz CT molecular complexity index is 1280. The minimum atomic E-state index is -3.83. The van der Waals surface area contributed by atoms with Crippen molar-refractivity contribution in [2.24, 2.45) is 0 Å². The number of nitrogens with zero attached hydrogens (tertiary/aromatic N) is 2. The summed E-state index contributed by atoms with van der Waals surface area (Å²) in [6, 6.07) is 8.50. The maximum atomic E-state index is 13.1. The number of rotatable bonds is 7. The highest BCUT2D eigenvalue weighted by molar-refractivity contribution is 7.92. The summed E-state index contributed by atoms with van der Waals surface area (Å²) in [6.07, 6.45) is 1.24. The van der Waals surface area contributed by atoms with Crippen LogP contribution in [0.5, 0.6) is 0 Å². The normalized spacial score (nSPS) is 12.7. The minimum absolute atomic E-state index is 0.0755. The Hall–Kier alpha value is -2.07. The van der Waals surface area contributed by atoms with Gasteiger partial charge in [0.1, 0.15) is 6.04 Å². The van der Waals surface area contributed by atoms with E-state index in [1.807, 2.05) is 6.92 Å². The Morgan fingerprint density at radius 3 is 2.35 bits per heavy atom. The highest BCUT2D eigenvalue weighted by Gasteiger charge is 2.32. The van der Waals surface area contributed by atoms with Crippen LogP contribution in [0.2, 0.25) is 10.0 Å². The molecule has 0 bridgehead atoms. The van der Waals surface area contributed by atoms with Crippen LogP contribution in [0.15, 0.2) is 41.2 Å². The molecule has 0 fully saturated rings. The van der Waals surface area contributed by atoms with E-state index in [4.69, 9.17) is 23.2 Å². The van der Waals surface area contributed by atoms with Crippen LogP contribution in [0.25, 0.3) is 10.2 Å². The van der Waals surface area contributed by atoms with Crippen LogP contribution in [0.3, 0.4) is 0 Å². The van der Waals surface area contributed by atoms with E-state index in [1.54, 1.807) is 29.7 Å². The lowest BCUT2D eigenvalue weighted by atomic mass is 10.1. The van der Waals surface area contributed by atoms with Crippen molar-refractivity contribution >= 4 is 72.1 Å². The standard InChI is InChI=1S/C20H21Cl2N3O4S2/c1-4-16(25(31(3,28)29)15-9-12(21)8-13(22)10-15)19(26)23-14-6-7-17-18(11-14)30-20(27)24(17)5-2/h6-11,16H,4-5H2,1-3H3,(H,23,26)/t16-/m0/s1. The fourth-order valence-electron chi connectivity index (χ4n) is 3.40. The van der Waals surface area contributed by atoms with Crippen LogP contribution in [-0.4, -0.2) is 31.2 Å². The Balaban J connectivity index is 1.97. The molecule has 0 aliphatic heterocycles. The zero-order valence-corrected chi connectivity index (χ0v) is 20.2. The first kappa shape index (κ1) is 23.6. The van der Waals surface area contributed by atoms with Gasteiger partial charge in [0, 0.05) is 22.3 Å². The number of thiazole rings is 1. The molecule has 0 aliphatic rings. The van der Waals surface area contributed by atoms with Gasteiger partial charge in [-0.05, 0) is 49.7 Å². The molecular formula is C20H21Cl2N3O4S2. The van der Waals surface area contributed by atoms with Crippen LogP contribution in [0.1, 0.15) is 20.3 Å². The summed E-state index contributed by atoms with van der Waals surface area (Å²) in [5, 5.41) is 3.28. The molecule has 1 N–H and O–H groups in total. The first-order valence-corrected chi connectivity index (χ1v) is 12.9. The molecule has 11 heteroatoms. The zero-order chi connectivity index (χ0) is 22.9. The Morgan fingerprint density at radius 2 is 1.81 bits per heavy atom. The van der Waals surface area contributed by atoms with Gasteiger partial charge in [0.2, 0.25) is 15.9 Å². The number of carbonyl (C=O) groups is 1. The molecule has 0 aliphatic carbocycles. The number of amides is 1. The molecule has 1 aromatic heterocycles.